The van der Waals surface area contributed by atoms with Gasteiger partial charge in [-0.05, 0) is 56.1 Å². The van der Waals surface area contributed by atoms with Crippen LogP contribution in [0.5, 0.6) is 0 Å². The summed E-state index contributed by atoms with van der Waals surface area (Å²) in [5.41, 5.74) is 0.0366. The molecule has 3 aliphatic rings. The van der Waals surface area contributed by atoms with E-state index < -0.39 is 11.7 Å². The van der Waals surface area contributed by atoms with Gasteiger partial charge in [-0.2, -0.15) is 0 Å². The average molecular weight is 435 g/mol. The molecular formula is C25H38O6. The van der Waals surface area contributed by atoms with E-state index in [0.717, 1.165) is 31.3 Å². The van der Waals surface area contributed by atoms with Gasteiger partial charge in [0.15, 0.2) is 0 Å². The maximum Gasteiger partial charge on any atom is 0.308 e. The van der Waals surface area contributed by atoms with Crippen molar-refractivity contribution < 1.29 is 29.3 Å². The molecule has 8 atom stereocenters. The first-order valence-corrected chi connectivity index (χ1v) is 11.8. The monoisotopic (exact) mass is 434 g/mol. The first-order valence-electron chi connectivity index (χ1n) is 11.8. The Bertz CT molecular complexity index is 724. The maximum absolute atomic E-state index is 12.6. The highest BCUT2D eigenvalue weighted by Crippen LogP contribution is 2.46. The van der Waals surface area contributed by atoms with E-state index in [-0.39, 0.29) is 48.3 Å². The van der Waals surface area contributed by atoms with Crippen LogP contribution in [0.3, 0.4) is 0 Å². The molecule has 2 N–H and O–H groups in total. The zero-order valence-corrected chi connectivity index (χ0v) is 19.3. The number of carbonyl (C=O) groups is 2. The number of aliphatic hydroxyl groups is 2. The average Bonchev–Trinajstić information content (AvgIpc) is 2.67. The number of hydrogen-bond donors (Lipinski definition) is 2. The fourth-order valence-corrected chi connectivity index (χ4v) is 5.29. The summed E-state index contributed by atoms with van der Waals surface area (Å²) >= 11 is 0. The predicted molar refractivity (Wildman–Crippen MR) is 117 cm³/mol. The molecule has 0 radical (unpaired) electrons. The molecule has 2 aliphatic carbocycles. The molecule has 0 amide bonds. The normalized spacial score (nSPS) is 38.6. The van der Waals surface area contributed by atoms with E-state index in [0.29, 0.717) is 18.8 Å². The lowest BCUT2D eigenvalue weighted by Crippen LogP contribution is -2.46. The highest BCUT2D eigenvalue weighted by Gasteiger charge is 2.45. The zero-order chi connectivity index (χ0) is 22.8. The molecule has 174 valence electrons. The van der Waals surface area contributed by atoms with Crippen molar-refractivity contribution in [2.24, 2.45) is 23.7 Å². The molecule has 1 aliphatic heterocycles. The SMILES string of the molecule is CC[C@H](C)C(=O)O[C@H]1C[C@](C)(O)C=C2C=C[C@H](C)[C@H](CCCC3C[C@@H](O)CC(=O)O3)[C@H]21. The van der Waals surface area contributed by atoms with E-state index in [2.05, 4.69) is 19.1 Å². The zero-order valence-electron chi connectivity index (χ0n) is 19.3. The van der Waals surface area contributed by atoms with E-state index >= 15 is 0 Å². The topological polar surface area (TPSA) is 93.1 Å². The van der Waals surface area contributed by atoms with E-state index in [9.17, 15) is 19.8 Å². The predicted octanol–water partition coefficient (Wildman–Crippen LogP) is 3.70. The molecule has 1 unspecified atom stereocenters. The number of carbonyl (C=O) groups excluding carboxylic acids is 2. The second kappa shape index (κ2) is 9.86. The van der Waals surface area contributed by atoms with Gasteiger partial charge in [0.05, 0.1) is 24.0 Å². The van der Waals surface area contributed by atoms with Crippen molar-refractivity contribution in [3.05, 3.63) is 23.8 Å². The summed E-state index contributed by atoms with van der Waals surface area (Å²) in [5, 5.41) is 20.6. The van der Waals surface area contributed by atoms with Gasteiger partial charge in [-0.3, -0.25) is 9.59 Å². The van der Waals surface area contributed by atoms with Crippen LogP contribution in [0.1, 0.15) is 72.6 Å². The van der Waals surface area contributed by atoms with Crippen LogP contribution in [0.15, 0.2) is 23.8 Å². The maximum atomic E-state index is 12.6. The third-order valence-electron chi connectivity index (χ3n) is 7.19. The first kappa shape index (κ1) is 24.0. The summed E-state index contributed by atoms with van der Waals surface area (Å²) in [6.07, 6.45) is 9.15. The molecule has 0 bridgehead atoms. The minimum absolute atomic E-state index is 0.0488. The van der Waals surface area contributed by atoms with Crippen LogP contribution in [0.2, 0.25) is 0 Å². The standard InChI is InChI=1S/C25H38O6/c1-5-15(2)24(28)31-21-14-25(4,29)13-17-10-9-16(3)20(23(17)21)8-6-7-19-11-18(26)12-22(27)30-19/h9-10,13,15-16,18-21,23,26,29H,5-8,11-12,14H2,1-4H3/t15-,16-,18+,19?,20-,21-,23-,25+/m0/s1. The van der Waals surface area contributed by atoms with Gasteiger partial charge in [-0.25, -0.2) is 0 Å². The minimum atomic E-state index is -1.01. The Morgan fingerprint density at radius 2 is 2.13 bits per heavy atom. The van der Waals surface area contributed by atoms with Crippen molar-refractivity contribution >= 4 is 11.9 Å². The molecule has 0 aromatic carbocycles. The van der Waals surface area contributed by atoms with Gasteiger partial charge in [0, 0.05) is 18.8 Å². The van der Waals surface area contributed by atoms with Crippen LogP contribution in [-0.4, -0.2) is 46.1 Å². The largest absolute Gasteiger partial charge is 0.462 e. The van der Waals surface area contributed by atoms with Gasteiger partial charge in [-0.1, -0.05) is 32.9 Å². The van der Waals surface area contributed by atoms with Crippen molar-refractivity contribution in [2.75, 3.05) is 0 Å². The lowest BCUT2D eigenvalue weighted by molar-refractivity contribution is -0.161. The highest BCUT2D eigenvalue weighted by molar-refractivity contribution is 5.72. The second-order valence-corrected chi connectivity index (χ2v) is 10.0. The number of ether oxygens (including phenoxy) is 2. The van der Waals surface area contributed by atoms with Crippen molar-refractivity contribution in [3.8, 4) is 0 Å². The Balaban J connectivity index is 1.72. The number of cyclic esters (lactones) is 1. The summed E-state index contributed by atoms with van der Waals surface area (Å²) < 4.78 is 11.4. The quantitative estimate of drug-likeness (QED) is 0.594. The van der Waals surface area contributed by atoms with Gasteiger partial charge in [-0.15, -0.1) is 0 Å². The lowest BCUT2D eigenvalue weighted by atomic mass is 9.64. The van der Waals surface area contributed by atoms with Gasteiger partial charge >= 0.3 is 11.9 Å². The number of fused-ring (bicyclic) bond motifs is 1. The molecule has 0 saturated carbocycles. The van der Waals surface area contributed by atoms with Crippen LogP contribution >= 0.6 is 0 Å². The van der Waals surface area contributed by atoms with E-state index in [1.54, 1.807) is 6.92 Å². The highest BCUT2D eigenvalue weighted by atomic mass is 16.6. The Labute approximate surface area is 185 Å². The minimum Gasteiger partial charge on any atom is -0.462 e. The molecule has 6 nitrogen and oxygen atoms in total. The number of esters is 2. The van der Waals surface area contributed by atoms with Crippen molar-refractivity contribution in [3.63, 3.8) is 0 Å². The summed E-state index contributed by atoms with van der Waals surface area (Å²) in [7, 11) is 0. The third kappa shape index (κ3) is 5.98. The fraction of sp³-hybridized carbons (Fsp3) is 0.760. The van der Waals surface area contributed by atoms with E-state index in [4.69, 9.17) is 9.47 Å². The van der Waals surface area contributed by atoms with Crippen molar-refractivity contribution in [2.45, 2.75) is 96.6 Å². The first-order chi connectivity index (χ1) is 14.6. The van der Waals surface area contributed by atoms with Gasteiger partial charge < -0.3 is 19.7 Å². The summed E-state index contributed by atoms with van der Waals surface area (Å²) in [6.45, 7) is 7.80. The van der Waals surface area contributed by atoms with Crippen LogP contribution in [-0.2, 0) is 19.1 Å². The van der Waals surface area contributed by atoms with E-state index in [1.165, 1.54) is 0 Å². The van der Waals surface area contributed by atoms with Gasteiger partial charge in [0.2, 0.25) is 0 Å². The number of hydrogen-bond acceptors (Lipinski definition) is 6. The molecule has 31 heavy (non-hydrogen) atoms. The van der Waals surface area contributed by atoms with Gasteiger partial charge in [0.1, 0.15) is 12.2 Å². The molecule has 6 heteroatoms. The summed E-state index contributed by atoms with van der Waals surface area (Å²) in [6, 6.07) is 0. The van der Waals surface area contributed by atoms with Crippen LogP contribution in [0, 0.1) is 23.7 Å². The van der Waals surface area contributed by atoms with Crippen LogP contribution in [0.4, 0.5) is 0 Å². The Hall–Kier alpha value is -1.66. The lowest BCUT2D eigenvalue weighted by Gasteiger charge is -2.45. The smallest absolute Gasteiger partial charge is 0.308 e. The number of aliphatic hydroxyl groups excluding tert-OH is 1. The second-order valence-electron chi connectivity index (χ2n) is 10.0. The van der Waals surface area contributed by atoms with Crippen LogP contribution in [0.25, 0.3) is 0 Å². The molecule has 3 rings (SSSR count). The fourth-order valence-electron chi connectivity index (χ4n) is 5.29. The molecule has 1 saturated heterocycles. The molecule has 0 aromatic rings. The Morgan fingerprint density at radius 1 is 1.39 bits per heavy atom. The van der Waals surface area contributed by atoms with Crippen molar-refractivity contribution in [1.82, 2.24) is 0 Å². The van der Waals surface area contributed by atoms with Gasteiger partial charge in [0.25, 0.3) is 0 Å². The van der Waals surface area contributed by atoms with Crippen LogP contribution < -0.4 is 0 Å². The van der Waals surface area contributed by atoms with Crippen molar-refractivity contribution in [1.29, 1.82) is 0 Å². The van der Waals surface area contributed by atoms with E-state index in [1.807, 2.05) is 19.9 Å². The molecule has 1 fully saturated rings. The molecule has 0 spiro atoms. The number of rotatable bonds is 7. The summed E-state index contributed by atoms with van der Waals surface area (Å²) in [5.74, 6) is -0.0571. The molecular weight excluding hydrogens is 396 g/mol. The third-order valence-corrected chi connectivity index (χ3v) is 7.19. The molecule has 1 heterocycles. The molecule has 0 aromatic heterocycles. The number of allylic oxidation sites excluding steroid dienone is 2. The Kier molecular flexibility index (Phi) is 7.63. The Morgan fingerprint density at radius 3 is 2.81 bits per heavy atom. The summed E-state index contributed by atoms with van der Waals surface area (Å²) in [4.78, 5) is 24.2.